The highest BCUT2D eigenvalue weighted by atomic mass is 16.1. The van der Waals surface area contributed by atoms with Gasteiger partial charge in [0.2, 0.25) is 0 Å². The molecule has 3 rings (SSSR count). The predicted molar refractivity (Wildman–Crippen MR) is 86.8 cm³/mol. The Bertz CT molecular complexity index is 536. The minimum atomic E-state index is 0.107. The number of fused-ring (bicyclic) bond motifs is 1. The first-order valence-electron chi connectivity index (χ1n) is 8.24. The second kappa shape index (κ2) is 5.70. The van der Waals surface area contributed by atoms with Crippen molar-refractivity contribution in [3.05, 3.63) is 29.3 Å². The van der Waals surface area contributed by atoms with E-state index < -0.39 is 0 Å². The van der Waals surface area contributed by atoms with Gasteiger partial charge in [-0.15, -0.1) is 0 Å². The summed E-state index contributed by atoms with van der Waals surface area (Å²) in [7, 11) is 0. The first-order chi connectivity index (χ1) is 10.1. The topological polar surface area (TPSA) is 41.1 Å². The van der Waals surface area contributed by atoms with E-state index in [0.717, 1.165) is 37.1 Å². The molecule has 1 saturated carbocycles. The van der Waals surface area contributed by atoms with Gasteiger partial charge in [-0.2, -0.15) is 0 Å². The smallest absolute Gasteiger partial charge is 0.251 e. The average molecular weight is 286 g/mol. The molecule has 0 spiro atoms. The summed E-state index contributed by atoms with van der Waals surface area (Å²) in [5.41, 5.74) is 3.40. The number of rotatable bonds is 2. The molecule has 0 saturated heterocycles. The van der Waals surface area contributed by atoms with Crippen LogP contribution in [0.15, 0.2) is 18.2 Å². The highest BCUT2D eigenvalue weighted by molar-refractivity contribution is 5.97. The Kier molecular flexibility index (Phi) is 3.92. The molecule has 21 heavy (non-hydrogen) atoms. The lowest BCUT2D eigenvalue weighted by molar-refractivity contribution is 0.0852. The van der Waals surface area contributed by atoms with Gasteiger partial charge in [-0.05, 0) is 48.8 Å². The third kappa shape index (κ3) is 2.92. The highest BCUT2D eigenvalue weighted by Gasteiger charge is 2.33. The summed E-state index contributed by atoms with van der Waals surface area (Å²) in [6.45, 7) is 5.56. The lowest BCUT2D eigenvalue weighted by Gasteiger charge is -2.39. The predicted octanol–water partition coefficient (Wildman–Crippen LogP) is 3.74. The van der Waals surface area contributed by atoms with E-state index in [1.807, 2.05) is 12.1 Å². The van der Waals surface area contributed by atoms with E-state index in [0.29, 0.717) is 6.04 Å². The van der Waals surface area contributed by atoms with Gasteiger partial charge in [0.25, 0.3) is 5.91 Å². The summed E-state index contributed by atoms with van der Waals surface area (Å²) in [5.74, 6) is 0.107. The Balaban J connectivity index is 1.79. The van der Waals surface area contributed by atoms with Crippen molar-refractivity contribution in [1.82, 2.24) is 5.32 Å². The summed E-state index contributed by atoms with van der Waals surface area (Å²) in [5, 5.41) is 6.71. The summed E-state index contributed by atoms with van der Waals surface area (Å²) in [6, 6.07) is 6.33. The molecule has 0 aromatic heterocycles. The first kappa shape index (κ1) is 14.4. The SMILES string of the molecule is CC1(C)CCCCC1NC(=O)c1cccc2c1CCCN2. The van der Waals surface area contributed by atoms with Crippen LogP contribution >= 0.6 is 0 Å². The van der Waals surface area contributed by atoms with Gasteiger partial charge < -0.3 is 10.6 Å². The quantitative estimate of drug-likeness (QED) is 0.869. The van der Waals surface area contributed by atoms with Crippen molar-refractivity contribution in [2.45, 2.75) is 58.4 Å². The van der Waals surface area contributed by atoms with Gasteiger partial charge in [-0.25, -0.2) is 0 Å². The maximum atomic E-state index is 12.7. The van der Waals surface area contributed by atoms with E-state index in [1.54, 1.807) is 0 Å². The number of nitrogens with one attached hydrogen (secondary N) is 2. The van der Waals surface area contributed by atoms with Crippen molar-refractivity contribution in [2.24, 2.45) is 5.41 Å². The number of benzene rings is 1. The van der Waals surface area contributed by atoms with E-state index in [4.69, 9.17) is 0 Å². The number of carbonyl (C=O) groups excluding carboxylic acids is 1. The third-order valence-corrected chi connectivity index (χ3v) is 5.15. The van der Waals surface area contributed by atoms with E-state index in [2.05, 4.69) is 30.5 Å². The second-order valence-corrected chi connectivity index (χ2v) is 7.12. The second-order valence-electron chi connectivity index (χ2n) is 7.12. The van der Waals surface area contributed by atoms with Crippen LogP contribution in [0, 0.1) is 5.41 Å². The maximum Gasteiger partial charge on any atom is 0.251 e. The lowest BCUT2D eigenvalue weighted by Crippen LogP contribution is -2.47. The minimum absolute atomic E-state index is 0.107. The molecule has 1 heterocycles. The van der Waals surface area contributed by atoms with E-state index >= 15 is 0 Å². The number of carbonyl (C=O) groups is 1. The van der Waals surface area contributed by atoms with Gasteiger partial charge in [0.1, 0.15) is 0 Å². The van der Waals surface area contributed by atoms with Crippen molar-refractivity contribution in [1.29, 1.82) is 0 Å². The van der Waals surface area contributed by atoms with Crippen LogP contribution < -0.4 is 10.6 Å². The molecule has 2 N–H and O–H groups in total. The fourth-order valence-electron chi connectivity index (χ4n) is 3.72. The molecule has 1 aromatic rings. The Hall–Kier alpha value is -1.51. The number of amides is 1. The Morgan fingerprint density at radius 1 is 1.29 bits per heavy atom. The largest absolute Gasteiger partial charge is 0.385 e. The molecule has 114 valence electrons. The highest BCUT2D eigenvalue weighted by Crippen LogP contribution is 2.36. The average Bonchev–Trinajstić information content (AvgIpc) is 2.48. The number of hydrogen-bond acceptors (Lipinski definition) is 2. The van der Waals surface area contributed by atoms with E-state index in [-0.39, 0.29) is 11.3 Å². The molecule has 1 atom stereocenters. The molecule has 1 aromatic carbocycles. The van der Waals surface area contributed by atoms with Crippen molar-refractivity contribution >= 4 is 11.6 Å². The molecule has 3 heteroatoms. The number of anilines is 1. The lowest BCUT2D eigenvalue weighted by atomic mass is 9.73. The molecular weight excluding hydrogens is 260 g/mol. The molecule has 1 amide bonds. The molecule has 1 aliphatic carbocycles. The van der Waals surface area contributed by atoms with Gasteiger partial charge in [-0.1, -0.05) is 32.8 Å². The molecular formula is C18H26N2O. The summed E-state index contributed by atoms with van der Waals surface area (Å²) >= 11 is 0. The molecule has 1 unspecified atom stereocenters. The third-order valence-electron chi connectivity index (χ3n) is 5.15. The van der Waals surface area contributed by atoms with E-state index in [9.17, 15) is 4.79 Å². The van der Waals surface area contributed by atoms with Crippen LogP contribution in [0.4, 0.5) is 5.69 Å². The van der Waals surface area contributed by atoms with Crippen molar-refractivity contribution < 1.29 is 4.79 Å². The molecule has 0 radical (unpaired) electrons. The Morgan fingerprint density at radius 3 is 2.95 bits per heavy atom. The summed E-state index contributed by atoms with van der Waals surface area (Å²) < 4.78 is 0. The zero-order valence-electron chi connectivity index (χ0n) is 13.2. The van der Waals surface area contributed by atoms with Crippen molar-refractivity contribution in [3.8, 4) is 0 Å². The monoisotopic (exact) mass is 286 g/mol. The van der Waals surface area contributed by atoms with Gasteiger partial charge >= 0.3 is 0 Å². The summed E-state index contributed by atoms with van der Waals surface area (Å²) in [6.07, 6.45) is 6.91. The normalized spacial score (nSPS) is 23.8. The van der Waals surface area contributed by atoms with Crippen molar-refractivity contribution in [3.63, 3.8) is 0 Å². The van der Waals surface area contributed by atoms with Crippen LogP contribution in [0.3, 0.4) is 0 Å². The fraction of sp³-hybridized carbons (Fsp3) is 0.611. The number of hydrogen-bond donors (Lipinski definition) is 2. The standard InChI is InChI=1S/C18H26N2O/c1-18(2)11-4-3-10-16(18)20-17(21)14-7-5-9-15-13(14)8-6-12-19-15/h5,7,9,16,19H,3-4,6,8,10-12H2,1-2H3,(H,20,21). The Labute approximate surface area is 127 Å². The van der Waals surface area contributed by atoms with Crippen LogP contribution in [-0.2, 0) is 6.42 Å². The molecule has 3 nitrogen and oxygen atoms in total. The molecule has 1 aliphatic heterocycles. The van der Waals surface area contributed by atoms with Crippen LogP contribution in [0.1, 0.15) is 61.9 Å². The zero-order valence-corrected chi connectivity index (χ0v) is 13.2. The molecule has 2 aliphatic rings. The van der Waals surface area contributed by atoms with Crippen LogP contribution in [0.2, 0.25) is 0 Å². The fourth-order valence-corrected chi connectivity index (χ4v) is 3.72. The Morgan fingerprint density at radius 2 is 2.14 bits per heavy atom. The molecule has 0 bridgehead atoms. The minimum Gasteiger partial charge on any atom is -0.385 e. The maximum absolute atomic E-state index is 12.7. The molecule has 1 fully saturated rings. The zero-order chi connectivity index (χ0) is 14.9. The van der Waals surface area contributed by atoms with E-state index in [1.165, 1.54) is 24.8 Å². The van der Waals surface area contributed by atoms with Crippen LogP contribution in [0.5, 0.6) is 0 Å². The van der Waals surface area contributed by atoms with Gasteiger partial charge in [0.15, 0.2) is 0 Å². The van der Waals surface area contributed by atoms with Crippen LogP contribution in [-0.4, -0.2) is 18.5 Å². The van der Waals surface area contributed by atoms with Crippen LogP contribution in [0.25, 0.3) is 0 Å². The summed E-state index contributed by atoms with van der Waals surface area (Å²) in [4.78, 5) is 12.7. The van der Waals surface area contributed by atoms with Gasteiger partial charge in [0, 0.05) is 23.8 Å². The first-order valence-corrected chi connectivity index (χ1v) is 8.24. The van der Waals surface area contributed by atoms with Crippen molar-refractivity contribution in [2.75, 3.05) is 11.9 Å². The van der Waals surface area contributed by atoms with Gasteiger partial charge in [-0.3, -0.25) is 4.79 Å². The van der Waals surface area contributed by atoms with Gasteiger partial charge in [0.05, 0.1) is 0 Å².